The summed E-state index contributed by atoms with van der Waals surface area (Å²) < 4.78 is 46.5. The molecule has 13 nitrogen and oxygen atoms in total. The Labute approximate surface area is 380 Å². The summed E-state index contributed by atoms with van der Waals surface area (Å²) in [5, 5.41) is 37.6. The molecule has 15 heteroatoms. The molecule has 0 saturated carbocycles. The quantitative estimate of drug-likeness (QED) is 0.207. The molecule has 6 rings (SSSR count). The Bertz CT molecular complexity index is 1580. The molecule has 5 aliphatic rings. The van der Waals surface area contributed by atoms with Crippen LogP contribution < -0.4 is 40.0 Å². The van der Waals surface area contributed by atoms with Gasteiger partial charge in [0.2, 0.25) is 5.79 Å². The van der Waals surface area contributed by atoms with Crippen LogP contribution in [0.3, 0.4) is 0 Å². The van der Waals surface area contributed by atoms with Crippen molar-refractivity contribution in [2.24, 2.45) is 35.5 Å². The first-order valence-corrected chi connectivity index (χ1v) is 22.1. The monoisotopic (exact) mass is 937 g/mol. The molecule has 1 aromatic rings. The third-order valence-electron chi connectivity index (χ3n) is 14.3. The van der Waals surface area contributed by atoms with Gasteiger partial charge in [-0.15, -0.1) is 0 Å². The van der Waals surface area contributed by atoms with Gasteiger partial charge in [-0.3, -0.25) is 5.32 Å². The van der Waals surface area contributed by atoms with Crippen molar-refractivity contribution in [3.63, 3.8) is 0 Å². The standard InChI is InChI=1S/C43H66INO12.Na/c1-10-41(16-15-33(54-41)40(8)17-18-42(57-40)21-31(46)26(5)36(55-42)27(6)35(51-9)28(7)38(47)48)37-24(3)20-32(53-37)34-23(2)19-25(4)43(50,56-34)22-52-39(49)45-30-13-11-29(44)12-14-30;/h11-14,23-28,31-37,46,50H,10,15-22H2,1-9H3,(H,45,49)(H,47,48);/q;+1/p-1/t23-,24-,25+,26+,27-,28+,31-,32+,33+,34-,35+,36-,37+,40-,41-,42+,43-;/m0./s1. The van der Waals surface area contributed by atoms with Crippen LogP contribution in [0, 0.1) is 39.1 Å². The van der Waals surface area contributed by atoms with Gasteiger partial charge in [0.25, 0.3) is 0 Å². The largest absolute Gasteiger partial charge is 1.00 e. The predicted octanol–water partition coefficient (Wildman–Crippen LogP) is 2.80. The number of aliphatic carboxylic acids is 1. The van der Waals surface area contributed by atoms with Crippen molar-refractivity contribution in [3.8, 4) is 0 Å². The van der Waals surface area contributed by atoms with E-state index in [9.17, 15) is 24.9 Å². The number of carbonyl (C=O) groups excluding carboxylic acids is 2. The number of anilines is 1. The normalized spacial score (nSPS) is 43.0. The number of aliphatic hydroxyl groups is 2. The number of rotatable bonds is 12. The second-order valence-corrected chi connectivity index (χ2v) is 19.6. The van der Waals surface area contributed by atoms with Gasteiger partial charge in [0, 0.05) is 58.8 Å². The molecule has 1 spiro atoms. The van der Waals surface area contributed by atoms with Crippen molar-refractivity contribution in [1.29, 1.82) is 0 Å². The van der Waals surface area contributed by atoms with Gasteiger partial charge in [0.05, 0.1) is 53.9 Å². The first kappa shape index (κ1) is 48.4. The Morgan fingerprint density at radius 3 is 2.36 bits per heavy atom. The minimum Gasteiger partial charge on any atom is -0.550 e. The maximum Gasteiger partial charge on any atom is 1.00 e. The van der Waals surface area contributed by atoms with Crippen LogP contribution in [0.2, 0.25) is 0 Å². The second kappa shape index (κ2) is 19.0. The molecular weight excluding hydrogens is 872 g/mol. The number of carbonyl (C=O) groups is 2. The number of hydrogen-bond donors (Lipinski definition) is 3. The summed E-state index contributed by atoms with van der Waals surface area (Å²) in [6, 6.07) is 7.35. The second-order valence-electron chi connectivity index (χ2n) is 18.3. The zero-order chi connectivity index (χ0) is 41.7. The van der Waals surface area contributed by atoms with Crippen LogP contribution >= 0.6 is 22.6 Å². The maximum atomic E-state index is 12.7. The van der Waals surface area contributed by atoms with Crippen molar-refractivity contribution in [3.05, 3.63) is 27.8 Å². The fourth-order valence-electron chi connectivity index (χ4n) is 10.7. The average molecular weight is 938 g/mol. The molecule has 0 bridgehead atoms. The molecule has 0 unspecified atom stereocenters. The van der Waals surface area contributed by atoms with Gasteiger partial charge in [-0.05, 0) is 104 Å². The Morgan fingerprint density at radius 1 is 1.03 bits per heavy atom. The molecule has 0 aromatic heterocycles. The third-order valence-corrected chi connectivity index (χ3v) is 15.0. The van der Waals surface area contributed by atoms with E-state index in [0.717, 1.165) is 29.3 Å². The van der Waals surface area contributed by atoms with E-state index >= 15 is 0 Å². The Kier molecular flexibility index (Phi) is 15.9. The van der Waals surface area contributed by atoms with Crippen LogP contribution in [-0.4, -0.2) is 101 Å². The summed E-state index contributed by atoms with van der Waals surface area (Å²) in [4.78, 5) is 24.5. The van der Waals surface area contributed by atoms with Crippen molar-refractivity contribution < 1.29 is 87.6 Å². The topological polar surface area (TPSA) is 174 Å². The number of carboxylic acid groups (broad SMARTS) is 1. The molecule has 1 aromatic carbocycles. The van der Waals surface area contributed by atoms with Crippen molar-refractivity contribution >= 4 is 40.3 Å². The molecule has 17 atom stereocenters. The average Bonchev–Trinajstić information content (AvgIpc) is 3.88. The van der Waals surface area contributed by atoms with Gasteiger partial charge >= 0.3 is 35.7 Å². The fourth-order valence-corrected chi connectivity index (χ4v) is 11.1. The number of carboxylic acids is 1. The van der Waals surface area contributed by atoms with E-state index in [0.29, 0.717) is 31.4 Å². The fraction of sp³-hybridized carbons (Fsp3) is 0.814. The Balaban J connectivity index is 0.00000641. The van der Waals surface area contributed by atoms with Gasteiger partial charge < -0.3 is 53.3 Å². The first-order chi connectivity index (χ1) is 26.8. The van der Waals surface area contributed by atoms with Crippen LogP contribution in [0.15, 0.2) is 24.3 Å². The number of benzene rings is 1. The Hall–Kier alpha value is -0.630. The summed E-state index contributed by atoms with van der Waals surface area (Å²) in [6.45, 7) is 15.5. The molecule has 58 heavy (non-hydrogen) atoms. The van der Waals surface area contributed by atoms with Crippen LogP contribution in [0.1, 0.15) is 107 Å². The number of amides is 1. The van der Waals surface area contributed by atoms with E-state index in [-0.39, 0.29) is 84.1 Å². The maximum absolute atomic E-state index is 12.7. The molecule has 0 aliphatic carbocycles. The zero-order valence-electron chi connectivity index (χ0n) is 36.0. The molecule has 5 saturated heterocycles. The summed E-state index contributed by atoms with van der Waals surface area (Å²) >= 11 is 2.20. The van der Waals surface area contributed by atoms with Crippen LogP contribution in [0.5, 0.6) is 0 Å². The SMILES string of the molecule is CC[C@@]1([C@@H]2O[C@@H]([C@H]3O[C@@](O)(COC(=O)Nc4ccc(I)cc4)[C@H](C)C[C@@H]3C)C[C@@H]2C)CC[C@H]([C@]2(C)CC[C@]3(C[C@H](O)[C@@H](C)[C@@H]([C@@H](C)[C@@H](OC)[C@@H](C)C(=O)[O-])O3)O2)O1.[Na+]. The minimum atomic E-state index is -1.67. The molecule has 5 aliphatic heterocycles. The van der Waals surface area contributed by atoms with Gasteiger partial charge in [0.1, 0.15) is 6.61 Å². The van der Waals surface area contributed by atoms with E-state index in [1.807, 2.05) is 32.9 Å². The first-order valence-electron chi connectivity index (χ1n) is 21.0. The van der Waals surface area contributed by atoms with E-state index in [1.165, 1.54) is 7.11 Å². The molecule has 0 radical (unpaired) electrons. The number of ether oxygens (including phenoxy) is 7. The number of hydrogen-bond acceptors (Lipinski definition) is 12. The summed E-state index contributed by atoms with van der Waals surface area (Å²) in [5.74, 6) is -5.41. The number of methoxy groups -OCH3 is 1. The van der Waals surface area contributed by atoms with Crippen molar-refractivity contribution in [2.45, 2.75) is 172 Å². The zero-order valence-corrected chi connectivity index (χ0v) is 40.2. The third kappa shape index (κ3) is 9.78. The van der Waals surface area contributed by atoms with Gasteiger partial charge in [-0.1, -0.05) is 48.5 Å². The van der Waals surface area contributed by atoms with E-state index in [1.54, 1.807) is 19.1 Å². The number of halogens is 1. The minimum absolute atomic E-state index is 0. The summed E-state index contributed by atoms with van der Waals surface area (Å²) in [7, 11) is 1.49. The van der Waals surface area contributed by atoms with Crippen LogP contribution in [-0.2, 0) is 38.0 Å². The van der Waals surface area contributed by atoms with E-state index in [2.05, 4.69) is 55.6 Å². The Morgan fingerprint density at radius 2 is 1.72 bits per heavy atom. The van der Waals surface area contributed by atoms with Crippen molar-refractivity contribution in [1.82, 2.24) is 0 Å². The predicted molar refractivity (Wildman–Crippen MR) is 217 cm³/mol. The van der Waals surface area contributed by atoms with E-state index in [4.69, 9.17) is 33.2 Å². The number of aliphatic hydroxyl groups excluding tert-OH is 1. The van der Waals surface area contributed by atoms with Crippen molar-refractivity contribution in [2.75, 3.05) is 19.0 Å². The van der Waals surface area contributed by atoms with Gasteiger partial charge in [-0.2, -0.15) is 0 Å². The van der Waals surface area contributed by atoms with E-state index < -0.39 is 65.2 Å². The van der Waals surface area contributed by atoms with Crippen LogP contribution in [0.4, 0.5) is 10.5 Å². The number of nitrogens with one attached hydrogen (secondary N) is 1. The van der Waals surface area contributed by atoms with Gasteiger partial charge in [0.15, 0.2) is 5.79 Å². The smallest absolute Gasteiger partial charge is 0.550 e. The summed E-state index contributed by atoms with van der Waals surface area (Å²) in [5.41, 5.74) is -0.656. The van der Waals surface area contributed by atoms with Gasteiger partial charge in [-0.25, -0.2) is 4.79 Å². The van der Waals surface area contributed by atoms with Crippen LogP contribution in [0.25, 0.3) is 0 Å². The summed E-state index contributed by atoms with van der Waals surface area (Å²) in [6.07, 6.45) is 1.53. The molecular formula is C43H65INNaO12. The molecule has 3 N–H and O–H groups in total. The molecule has 322 valence electrons. The molecule has 5 heterocycles. The molecule has 1 amide bonds. The molecule has 5 fully saturated rings.